The first-order valence-electron chi connectivity index (χ1n) is 7.14. The van der Waals surface area contributed by atoms with Gasteiger partial charge in [-0.2, -0.15) is 0 Å². The van der Waals surface area contributed by atoms with Crippen LogP contribution in [0.3, 0.4) is 0 Å². The lowest BCUT2D eigenvalue weighted by Crippen LogP contribution is -1.96. The Morgan fingerprint density at radius 1 is 0.857 bits per heavy atom. The van der Waals surface area contributed by atoms with Gasteiger partial charge in [0.1, 0.15) is 0 Å². The maximum absolute atomic E-state index is 6.53. The van der Waals surface area contributed by atoms with E-state index in [4.69, 9.17) is 23.2 Å². The van der Waals surface area contributed by atoms with Gasteiger partial charge in [-0.25, -0.2) is 0 Å². The lowest BCUT2D eigenvalue weighted by atomic mass is 9.92. The topological polar surface area (TPSA) is 0 Å². The average molecular weight is 319 g/mol. The molecule has 0 aromatic heterocycles. The van der Waals surface area contributed by atoms with Crippen LogP contribution in [0.1, 0.15) is 36.1 Å². The highest BCUT2D eigenvalue weighted by Gasteiger charge is 2.14. The third-order valence-corrected chi connectivity index (χ3v) is 4.47. The third kappa shape index (κ3) is 3.51. The largest absolute Gasteiger partial charge is 0.0834 e. The molecule has 0 radical (unpaired) electrons. The van der Waals surface area contributed by atoms with E-state index in [0.29, 0.717) is 5.92 Å². The quantitative estimate of drug-likeness (QED) is 0.590. The van der Waals surface area contributed by atoms with Crippen molar-refractivity contribution >= 4 is 28.8 Å². The minimum Gasteiger partial charge on any atom is -0.0834 e. The lowest BCUT2D eigenvalue weighted by molar-refractivity contribution is 0.833. The van der Waals surface area contributed by atoms with Crippen LogP contribution in [-0.4, -0.2) is 0 Å². The first-order valence-corrected chi connectivity index (χ1v) is 7.90. The summed E-state index contributed by atoms with van der Waals surface area (Å²) in [6.07, 6.45) is 2.22. The summed E-state index contributed by atoms with van der Waals surface area (Å²) in [6.45, 7) is 8.37. The van der Waals surface area contributed by atoms with Crippen LogP contribution in [0, 0.1) is 19.8 Å². The molecule has 2 aromatic rings. The molecule has 0 spiro atoms. The van der Waals surface area contributed by atoms with E-state index in [1.54, 1.807) is 0 Å². The predicted octanol–water partition coefficient (Wildman–Crippen LogP) is 6.70. The summed E-state index contributed by atoms with van der Waals surface area (Å²) in [7, 11) is 0. The van der Waals surface area contributed by atoms with E-state index in [-0.39, 0.29) is 0 Å². The zero-order chi connectivity index (χ0) is 15.6. The zero-order valence-electron chi connectivity index (χ0n) is 12.9. The molecule has 0 N–H and O–H groups in total. The van der Waals surface area contributed by atoms with Gasteiger partial charge in [-0.05, 0) is 36.5 Å². The van der Waals surface area contributed by atoms with Gasteiger partial charge in [-0.3, -0.25) is 0 Å². The van der Waals surface area contributed by atoms with Crippen molar-refractivity contribution < 1.29 is 0 Å². The van der Waals surface area contributed by atoms with E-state index >= 15 is 0 Å². The maximum atomic E-state index is 6.53. The summed E-state index contributed by atoms with van der Waals surface area (Å²) in [4.78, 5) is 0. The van der Waals surface area contributed by atoms with E-state index in [1.807, 2.05) is 38.1 Å². The average Bonchev–Trinajstić information content (AvgIpc) is 2.43. The minimum absolute atomic E-state index is 0.410. The molecule has 0 nitrogen and oxygen atoms in total. The van der Waals surface area contributed by atoms with E-state index in [9.17, 15) is 0 Å². The highest BCUT2D eigenvalue weighted by Crippen LogP contribution is 2.36. The van der Waals surface area contributed by atoms with Crippen molar-refractivity contribution in [2.24, 2.45) is 5.92 Å². The smallest absolute Gasteiger partial charge is 0.0513 e. The Kier molecular flexibility index (Phi) is 5.13. The molecule has 0 aliphatic heterocycles. The molecule has 110 valence electrons. The summed E-state index contributed by atoms with van der Waals surface area (Å²) in [5.41, 5.74) is 5.34. The van der Waals surface area contributed by atoms with Gasteiger partial charge in [0.15, 0.2) is 0 Å². The fourth-order valence-corrected chi connectivity index (χ4v) is 2.82. The molecule has 2 heteroatoms. The van der Waals surface area contributed by atoms with Gasteiger partial charge in [-0.15, -0.1) is 0 Å². The summed E-state index contributed by atoms with van der Waals surface area (Å²) < 4.78 is 0. The number of rotatable bonds is 3. The van der Waals surface area contributed by atoms with Crippen molar-refractivity contribution in [1.82, 2.24) is 0 Å². The van der Waals surface area contributed by atoms with Gasteiger partial charge in [0, 0.05) is 11.1 Å². The zero-order valence-corrected chi connectivity index (χ0v) is 14.4. The molecule has 0 aliphatic rings. The number of allylic oxidation sites excluding steroid dienone is 1. The molecule has 0 fully saturated rings. The number of benzene rings is 2. The molecule has 0 bridgehead atoms. The van der Waals surface area contributed by atoms with Crippen molar-refractivity contribution in [3.63, 3.8) is 0 Å². The molecule has 0 heterocycles. The van der Waals surface area contributed by atoms with E-state index in [0.717, 1.165) is 37.9 Å². The van der Waals surface area contributed by atoms with Crippen molar-refractivity contribution in [2.75, 3.05) is 0 Å². The first-order chi connectivity index (χ1) is 9.91. The van der Waals surface area contributed by atoms with Crippen LogP contribution in [0.2, 0.25) is 10.0 Å². The van der Waals surface area contributed by atoms with Crippen LogP contribution in [0.5, 0.6) is 0 Å². The fourth-order valence-electron chi connectivity index (χ4n) is 2.37. The van der Waals surface area contributed by atoms with Gasteiger partial charge >= 0.3 is 0 Å². The van der Waals surface area contributed by atoms with E-state index in [1.165, 1.54) is 0 Å². The molecule has 0 atom stereocenters. The van der Waals surface area contributed by atoms with Crippen LogP contribution in [0.4, 0.5) is 0 Å². The van der Waals surface area contributed by atoms with Crippen LogP contribution < -0.4 is 0 Å². The third-order valence-electron chi connectivity index (χ3n) is 3.46. The van der Waals surface area contributed by atoms with Crippen LogP contribution in [0.25, 0.3) is 5.57 Å². The first kappa shape index (κ1) is 16.1. The number of aryl methyl sites for hydroxylation is 2. The Bertz CT molecular complexity index is 628. The monoisotopic (exact) mass is 318 g/mol. The summed E-state index contributed by atoms with van der Waals surface area (Å²) >= 11 is 13.1. The molecule has 0 saturated heterocycles. The Morgan fingerprint density at radius 3 is 1.67 bits per heavy atom. The number of hydrogen-bond donors (Lipinski definition) is 0. The van der Waals surface area contributed by atoms with Gasteiger partial charge in [0.25, 0.3) is 0 Å². The van der Waals surface area contributed by atoms with Gasteiger partial charge in [-0.1, -0.05) is 79.5 Å². The molecule has 0 saturated carbocycles. The summed E-state index contributed by atoms with van der Waals surface area (Å²) in [5, 5.41) is 1.59. The normalized spacial score (nSPS) is 10.8. The van der Waals surface area contributed by atoms with Crippen LogP contribution in [-0.2, 0) is 0 Å². The standard InChI is InChI=1S/C19H20Cl2/c1-12(2)11-17(15-9-5-7-13(3)18(15)20)16-10-6-8-14(4)19(16)21/h5-12H,1-4H3. The molecule has 2 rings (SSSR count). The van der Waals surface area contributed by atoms with Crippen LogP contribution in [0.15, 0.2) is 42.5 Å². The predicted molar refractivity (Wildman–Crippen MR) is 94.3 cm³/mol. The lowest BCUT2D eigenvalue weighted by Gasteiger charge is -2.16. The number of hydrogen-bond acceptors (Lipinski definition) is 0. The SMILES string of the molecule is Cc1cccc(C(=CC(C)C)c2cccc(C)c2Cl)c1Cl. The summed E-state index contributed by atoms with van der Waals surface area (Å²) in [5.74, 6) is 0.410. The second-order valence-corrected chi connectivity index (χ2v) is 6.45. The highest BCUT2D eigenvalue weighted by atomic mass is 35.5. The summed E-state index contributed by atoms with van der Waals surface area (Å²) in [6, 6.07) is 12.2. The fraction of sp³-hybridized carbons (Fsp3) is 0.263. The second-order valence-electron chi connectivity index (χ2n) is 5.70. The van der Waals surface area contributed by atoms with Gasteiger partial charge in [0.05, 0.1) is 10.0 Å². The molecular weight excluding hydrogens is 299 g/mol. The second kappa shape index (κ2) is 6.68. The Labute approximate surface area is 137 Å². The van der Waals surface area contributed by atoms with Gasteiger partial charge in [0.2, 0.25) is 0 Å². The van der Waals surface area contributed by atoms with Crippen LogP contribution >= 0.6 is 23.2 Å². The number of halogens is 2. The molecule has 2 aromatic carbocycles. The molecule has 0 aliphatic carbocycles. The van der Waals surface area contributed by atoms with E-state index < -0.39 is 0 Å². The van der Waals surface area contributed by atoms with Crippen molar-refractivity contribution in [3.8, 4) is 0 Å². The Hall–Kier alpha value is -1.24. The molecule has 0 unspecified atom stereocenters. The van der Waals surface area contributed by atoms with E-state index in [2.05, 4.69) is 32.1 Å². The molecule has 21 heavy (non-hydrogen) atoms. The highest BCUT2D eigenvalue weighted by molar-refractivity contribution is 6.35. The van der Waals surface area contributed by atoms with Crippen molar-refractivity contribution in [2.45, 2.75) is 27.7 Å². The molecule has 0 amide bonds. The maximum Gasteiger partial charge on any atom is 0.0513 e. The van der Waals surface area contributed by atoms with Crippen molar-refractivity contribution in [1.29, 1.82) is 0 Å². The van der Waals surface area contributed by atoms with Crippen molar-refractivity contribution in [3.05, 3.63) is 74.8 Å². The Morgan fingerprint density at radius 2 is 1.29 bits per heavy atom. The molecular formula is C19H20Cl2. The minimum atomic E-state index is 0.410. The van der Waals surface area contributed by atoms with Gasteiger partial charge < -0.3 is 0 Å². The Balaban J connectivity index is 2.71.